The minimum absolute atomic E-state index is 0.00676. The first-order valence-corrected chi connectivity index (χ1v) is 3.62. The molecular weight excluding hydrogens is 142 g/mol. The van der Waals surface area contributed by atoms with Gasteiger partial charge in [0.2, 0.25) is 5.91 Å². The number of likely N-dealkylation sites (N-methyl/N-ethyl adjacent to an activating group) is 1. The third-order valence-corrected chi connectivity index (χ3v) is 1.50. The molecular formula is C8H15NO2. The summed E-state index contributed by atoms with van der Waals surface area (Å²) in [4.78, 5) is 10.9. The van der Waals surface area contributed by atoms with Crippen LogP contribution in [-0.4, -0.2) is 18.1 Å². The van der Waals surface area contributed by atoms with Crippen molar-refractivity contribution in [1.29, 1.82) is 0 Å². The van der Waals surface area contributed by atoms with E-state index in [9.17, 15) is 9.90 Å². The molecule has 0 spiro atoms. The molecule has 0 aliphatic heterocycles. The van der Waals surface area contributed by atoms with Crippen molar-refractivity contribution in [2.24, 2.45) is 5.92 Å². The number of aliphatic hydroxyl groups is 1. The zero-order valence-electron chi connectivity index (χ0n) is 7.43. The Kier molecular flexibility index (Phi) is 3.65. The Balaban J connectivity index is 4.52. The molecule has 0 atom stereocenters. The first-order chi connectivity index (χ1) is 5.00. The zero-order valence-corrected chi connectivity index (χ0v) is 7.43. The Morgan fingerprint density at radius 3 is 2.18 bits per heavy atom. The molecule has 3 nitrogen and oxygen atoms in total. The molecule has 0 saturated heterocycles. The predicted molar refractivity (Wildman–Crippen MR) is 44.2 cm³/mol. The summed E-state index contributed by atoms with van der Waals surface area (Å²) in [6.45, 7) is 5.28. The van der Waals surface area contributed by atoms with Crippen LogP contribution in [0.4, 0.5) is 0 Å². The summed E-state index contributed by atoms with van der Waals surface area (Å²) in [5.74, 6) is -0.0622. The number of hydrogen-bond acceptors (Lipinski definition) is 2. The third kappa shape index (κ3) is 2.62. The van der Waals surface area contributed by atoms with Crippen molar-refractivity contribution in [3.05, 3.63) is 11.3 Å². The molecule has 0 aromatic heterocycles. The van der Waals surface area contributed by atoms with Crippen molar-refractivity contribution in [2.75, 3.05) is 7.05 Å². The molecule has 0 bridgehead atoms. The lowest BCUT2D eigenvalue weighted by Crippen LogP contribution is -2.20. The normalized spacial score (nSPS) is 12.8. The van der Waals surface area contributed by atoms with Crippen molar-refractivity contribution in [1.82, 2.24) is 5.32 Å². The molecule has 0 radical (unpaired) electrons. The number of allylic oxidation sites excluding steroid dienone is 1. The lowest BCUT2D eigenvalue weighted by Gasteiger charge is -2.07. The van der Waals surface area contributed by atoms with Crippen molar-refractivity contribution in [3.63, 3.8) is 0 Å². The number of aliphatic hydroxyl groups excluding tert-OH is 1. The van der Waals surface area contributed by atoms with Crippen LogP contribution in [0.2, 0.25) is 0 Å². The van der Waals surface area contributed by atoms with Crippen LogP contribution in [0.1, 0.15) is 20.8 Å². The Bertz CT molecular complexity index is 183. The van der Waals surface area contributed by atoms with Crippen LogP contribution in [0, 0.1) is 5.92 Å². The number of nitrogens with one attached hydrogen (secondary N) is 1. The Labute approximate surface area is 67.1 Å². The van der Waals surface area contributed by atoms with Crippen LogP contribution >= 0.6 is 0 Å². The molecule has 3 heteroatoms. The molecule has 1 amide bonds. The van der Waals surface area contributed by atoms with E-state index in [4.69, 9.17) is 0 Å². The van der Waals surface area contributed by atoms with E-state index in [1.807, 2.05) is 13.8 Å². The fourth-order valence-electron chi connectivity index (χ4n) is 0.737. The number of hydrogen-bond donors (Lipinski definition) is 2. The van der Waals surface area contributed by atoms with Gasteiger partial charge >= 0.3 is 0 Å². The average molecular weight is 157 g/mol. The topological polar surface area (TPSA) is 49.3 Å². The summed E-state index contributed by atoms with van der Waals surface area (Å²) in [5.41, 5.74) is 0.391. The molecule has 2 N–H and O–H groups in total. The Morgan fingerprint density at radius 2 is 1.91 bits per heavy atom. The highest BCUT2D eigenvalue weighted by molar-refractivity contribution is 5.92. The van der Waals surface area contributed by atoms with Gasteiger partial charge in [0.25, 0.3) is 0 Å². The highest BCUT2D eigenvalue weighted by atomic mass is 16.3. The van der Waals surface area contributed by atoms with Gasteiger partial charge in [-0.1, -0.05) is 13.8 Å². The van der Waals surface area contributed by atoms with E-state index in [0.717, 1.165) is 0 Å². The quantitative estimate of drug-likeness (QED) is 0.467. The van der Waals surface area contributed by atoms with Gasteiger partial charge in [-0.3, -0.25) is 4.79 Å². The minimum Gasteiger partial charge on any atom is -0.512 e. The van der Waals surface area contributed by atoms with Crippen LogP contribution in [0.5, 0.6) is 0 Å². The monoisotopic (exact) mass is 157 g/mol. The maximum atomic E-state index is 10.9. The van der Waals surface area contributed by atoms with E-state index in [0.29, 0.717) is 5.57 Å². The summed E-state index contributed by atoms with van der Waals surface area (Å²) in [6.07, 6.45) is 0. The smallest absolute Gasteiger partial charge is 0.250 e. The van der Waals surface area contributed by atoms with Crippen LogP contribution in [-0.2, 0) is 4.79 Å². The van der Waals surface area contributed by atoms with E-state index in [2.05, 4.69) is 5.32 Å². The summed E-state index contributed by atoms with van der Waals surface area (Å²) < 4.78 is 0. The molecule has 11 heavy (non-hydrogen) atoms. The Hall–Kier alpha value is -0.990. The summed E-state index contributed by atoms with van der Waals surface area (Å²) >= 11 is 0. The molecule has 0 aromatic rings. The first-order valence-electron chi connectivity index (χ1n) is 3.62. The van der Waals surface area contributed by atoms with Gasteiger partial charge in [0.1, 0.15) is 5.76 Å². The van der Waals surface area contributed by atoms with Gasteiger partial charge < -0.3 is 10.4 Å². The van der Waals surface area contributed by atoms with Gasteiger partial charge in [0.15, 0.2) is 0 Å². The zero-order chi connectivity index (χ0) is 9.02. The number of carbonyl (C=O) groups excluding carboxylic acids is 1. The van der Waals surface area contributed by atoms with Gasteiger partial charge in [-0.2, -0.15) is 0 Å². The second-order valence-electron chi connectivity index (χ2n) is 2.74. The molecule has 0 aliphatic carbocycles. The maximum absolute atomic E-state index is 10.9. The highest BCUT2D eigenvalue weighted by Gasteiger charge is 2.10. The van der Waals surface area contributed by atoms with Crippen molar-refractivity contribution >= 4 is 5.91 Å². The second kappa shape index (κ2) is 4.01. The molecule has 0 unspecified atom stereocenters. The number of rotatable bonds is 2. The third-order valence-electron chi connectivity index (χ3n) is 1.50. The van der Waals surface area contributed by atoms with Crippen LogP contribution in [0.15, 0.2) is 11.3 Å². The van der Waals surface area contributed by atoms with E-state index in [1.165, 1.54) is 0 Å². The van der Waals surface area contributed by atoms with E-state index < -0.39 is 0 Å². The highest BCUT2D eigenvalue weighted by Crippen LogP contribution is 2.10. The van der Waals surface area contributed by atoms with Gasteiger partial charge in [0, 0.05) is 13.0 Å². The average Bonchev–Trinajstić information content (AvgIpc) is 2.00. The maximum Gasteiger partial charge on any atom is 0.250 e. The standard InChI is InChI=1S/C8H15NO2/c1-5(2)7(10)6(3)8(11)9-4/h5,10H,1-4H3,(H,9,11)/b7-6+. The molecule has 0 aliphatic rings. The van der Waals surface area contributed by atoms with Gasteiger partial charge in [0.05, 0.1) is 5.57 Å². The first kappa shape index (κ1) is 10.0. The van der Waals surface area contributed by atoms with Gasteiger partial charge in [-0.25, -0.2) is 0 Å². The molecule has 0 heterocycles. The van der Waals surface area contributed by atoms with Crippen molar-refractivity contribution in [2.45, 2.75) is 20.8 Å². The lowest BCUT2D eigenvalue weighted by molar-refractivity contribution is -0.117. The molecule has 64 valence electrons. The Morgan fingerprint density at radius 1 is 1.45 bits per heavy atom. The van der Waals surface area contributed by atoms with Gasteiger partial charge in [-0.15, -0.1) is 0 Å². The molecule has 0 saturated carbocycles. The SMILES string of the molecule is CNC(=O)/C(C)=C(/O)C(C)C. The minimum atomic E-state index is -0.226. The molecule has 0 fully saturated rings. The summed E-state index contributed by atoms with van der Waals surface area (Å²) in [5, 5.41) is 11.8. The number of carbonyl (C=O) groups is 1. The van der Waals surface area contributed by atoms with Crippen LogP contribution in [0.25, 0.3) is 0 Å². The van der Waals surface area contributed by atoms with Crippen molar-refractivity contribution < 1.29 is 9.90 Å². The second-order valence-corrected chi connectivity index (χ2v) is 2.74. The van der Waals surface area contributed by atoms with Gasteiger partial charge in [-0.05, 0) is 6.92 Å². The summed E-state index contributed by atoms with van der Waals surface area (Å²) in [7, 11) is 1.54. The fraction of sp³-hybridized carbons (Fsp3) is 0.625. The fourth-order valence-corrected chi connectivity index (χ4v) is 0.737. The molecule has 0 aromatic carbocycles. The van der Waals surface area contributed by atoms with Crippen LogP contribution in [0.3, 0.4) is 0 Å². The largest absolute Gasteiger partial charge is 0.512 e. The lowest BCUT2D eigenvalue weighted by atomic mass is 10.1. The predicted octanol–water partition coefficient (Wildman–Crippen LogP) is 1.22. The summed E-state index contributed by atoms with van der Waals surface area (Å²) in [6, 6.07) is 0. The van der Waals surface area contributed by atoms with E-state index >= 15 is 0 Å². The van der Waals surface area contributed by atoms with Crippen molar-refractivity contribution in [3.8, 4) is 0 Å². The van der Waals surface area contributed by atoms with Crippen LogP contribution < -0.4 is 5.32 Å². The van der Waals surface area contributed by atoms with E-state index in [1.54, 1.807) is 14.0 Å². The number of amides is 1. The molecule has 0 rings (SSSR count). The van der Waals surface area contributed by atoms with E-state index in [-0.39, 0.29) is 17.6 Å².